The molecule has 5 heteroatoms. The van der Waals surface area contributed by atoms with Crippen LogP contribution in [-0.4, -0.2) is 5.91 Å². The molecule has 0 radical (unpaired) electrons. The minimum atomic E-state index is -0.207. The van der Waals surface area contributed by atoms with Crippen molar-refractivity contribution in [3.63, 3.8) is 0 Å². The lowest BCUT2D eigenvalue weighted by molar-refractivity contribution is 0.102. The molecule has 0 aliphatic carbocycles. The van der Waals surface area contributed by atoms with Gasteiger partial charge in [-0.05, 0) is 46.3 Å². The van der Waals surface area contributed by atoms with Gasteiger partial charge in [0.25, 0.3) is 5.91 Å². The predicted molar refractivity (Wildman–Crippen MR) is 80.6 cm³/mol. The maximum absolute atomic E-state index is 12.1. The van der Waals surface area contributed by atoms with E-state index in [-0.39, 0.29) is 5.91 Å². The molecule has 2 aromatic rings. The second-order valence-corrected chi connectivity index (χ2v) is 5.44. The van der Waals surface area contributed by atoms with Crippen LogP contribution in [0, 0.1) is 0 Å². The van der Waals surface area contributed by atoms with Crippen LogP contribution in [0.1, 0.15) is 10.4 Å². The third-order valence-electron chi connectivity index (χ3n) is 2.38. The number of benzene rings is 2. The van der Waals surface area contributed by atoms with Crippen molar-refractivity contribution in [3.05, 3.63) is 57.0 Å². The predicted octanol–water partition coefficient (Wildman–Crippen LogP) is 4.05. The molecule has 1 amide bonds. The lowest BCUT2D eigenvalue weighted by Crippen LogP contribution is -2.13. The van der Waals surface area contributed by atoms with E-state index in [1.54, 1.807) is 18.2 Å². The summed E-state index contributed by atoms with van der Waals surface area (Å²) < 4.78 is 1.58. The molecule has 0 heterocycles. The largest absolute Gasteiger partial charge is 0.397 e. The Bertz CT molecular complexity index is 599. The molecule has 0 unspecified atom stereocenters. The van der Waals surface area contributed by atoms with E-state index in [4.69, 9.17) is 5.73 Å². The van der Waals surface area contributed by atoms with Gasteiger partial charge >= 0.3 is 0 Å². The summed E-state index contributed by atoms with van der Waals surface area (Å²) in [5, 5.41) is 2.78. The third kappa shape index (κ3) is 2.91. The highest BCUT2D eigenvalue weighted by Gasteiger charge is 2.11. The van der Waals surface area contributed by atoms with Crippen molar-refractivity contribution < 1.29 is 4.79 Å². The molecule has 92 valence electrons. The zero-order valence-corrected chi connectivity index (χ0v) is 12.5. The number of nitrogens with two attached hydrogens (primary N) is 1. The Morgan fingerprint density at radius 3 is 2.56 bits per heavy atom. The van der Waals surface area contributed by atoms with Gasteiger partial charge in [0.05, 0.1) is 16.9 Å². The van der Waals surface area contributed by atoms with Gasteiger partial charge < -0.3 is 11.1 Å². The molecule has 18 heavy (non-hydrogen) atoms. The summed E-state index contributed by atoms with van der Waals surface area (Å²) in [5.74, 6) is -0.207. The van der Waals surface area contributed by atoms with Crippen LogP contribution in [-0.2, 0) is 0 Å². The van der Waals surface area contributed by atoms with Crippen LogP contribution in [0.4, 0.5) is 11.4 Å². The third-order valence-corrected chi connectivity index (χ3v) is 3.57. The van der Waals surface area contributed by atoms with Gasteiger partial charge in [-0.15, -0.1) is 0 Å². The quantitative estimate of drug-likeness (QED) is 0.784. The SMILES string of the molecule is Nc1ccccc1NC(=O)c1cc(Br)ccc1Br. The molecule has 2 aromatic carbocycles. The van der Waals surface area contributed by atoms with Crippen molar-refractivity contribution in [1.82, 2.24) is 0 Å². The highest BCUT2D eigenvalue weighted by molar-refractivity contribution is 9.11. The zero-order chi connectivity index (χ0) is 13.1. The molecule has 3 nitrogen and oxygen atoms in total. The summed E-state index contributed by atoms with van der Waals surface area (Å²) in [5.41, 5.74) is 7.47. The first kappa shape index (κ1) is 13.1. The lowest BCUT2D eigenvalue weighted by atomic mass is 10.2. The Balaban J connectivity index is 2.28. The Kier molecular flexibility index (Phi) is 4.04. The average molecular weight is 370 g/mol. The molecule has 0 saturated heterocycles. The Morgan fingerprint density at radius 2 is 1.83 bits per heavy atom. The van der Waals surface area contributed by atoms with E-state index >= 15 is 0 Å². The lowest BCUT2D eigenvalue weighted by Gasteiger charge is -2.09. The van der Waals surface area contributed by atoms with E-state index < -0.39 is 0 Å². The Morgan fingerprint density at radius 1 is 1.11 bits per heavy atom. The van der Waals surface area contributed by atoms with Gasteiger partial charge in [0.15, 0.2) is 0 Å². The molecule has 0 atom stereocenters. The molecule has 0 bridgehead atoms. The second kappa shape index (κ2) is 5.54. The Labute approximate surface area is 122 Å². The molecule has 0 aliphatic heterocycles. The molecule has 0 spiro atoms. The van der Waals surface area contributed by atoms with E-state index in [2.05, 4.69) is 37.2 Å². The molecule has 0 saturated carbocycles. The van der Waals surface area contributed by atoms with E-state index in [1.165, 1.54) is 0 Å². The Hall–Kier alpha value is -1.33. The molecule has 0 fully saturated rings. The number of rotatable bonds is 2. The molecular formula is C13H10Br2N2O. The van der Waals surface area contributed by atoms with Crippen molar-refractivity contribution in [2.75, 3.05) is 11.1 Å². The molecule has 2 rings (SSSR count). The number of para-hydroxylation sites is 2. The topological polar surface area (TPSA) is 55.1 Å². The van der Waals surface area contributed by atoms with E-state index in [0.29, 0.717) is 16.9 Å². The monoisotopic (exact) mass is 368 g/mol. The van der Waals surface area contributed by atoms with E-state index in [9.17, 15) is 4.79 Å². The first-order valence-corrected chi connectivity index (χ1v) is 6.77. The molecule has 0 aromatic heterocycles. The van der Waals surface area contributed by atoms with Crippen LogP contribution in [0.15, 0.2) is 51.4 Å². The van der Waals surface area contributed by atoms with Crippen LogP contribution in [0.5, 0.6) is 0 Å². The number of anilines is 2. The van der Waals surface area contributed by atoms with Gasteiger partial charge in [-0.2, -0.15) is 0 Å². The van der Waals surface area contributed by atoms with Crippen molar-refractivity contribution in [1.29, 1.82) is 0 Å². The first-order chi connectivity index (χ1) is 8.58. The average Bonchev–Trinajstić information content (AvgIpc) is 2.35. The van der Waals surface area contributed by atoms with E-state index in [1.807, 2.05) is 24.3 Å². The van der Waals surface area contributed by atoms with Crippen LogP contribution >= 0.6 is 31.9 Å². The van der Waals surface area contributed by atoms with Crippen molar-refractivity contribution >= 4 is 49.1 Å². The fourth-order valence-corrected chi connectivity index (χ4v) is 2.26. The number of carbonyl (C=O) groups excluding carboxylic acids is 1. The van der Waals surface area contributed by atoms with Gasteiger partial charge in [0.1, 0.15) is 0 Å². The van der Waals surface area contributed by atoms with Gasteiger partial charge in [-0.1, -0.05) is 28.1 Å². The highest BCUT2D eigenvalue weighted by Crippen LogP contribution is 2.24. The molecular weight excluding hydrogens is 360 g/mol. The van der Waals surface area contributed by atoms with Crippen molar-refractivity contribution in [3.8, 4) is 0 Å². The fourth-order valence-electron chi connectivity index (χ4n) is 1.47. The number of nitrogen functional groups attached to an aromatic ring is 1. The van der Waals surface area contributed by atoms with Gasteiger partial charge in [0, 0.05) is 8.95 Å². The summed E-state index contributed by atoms with van der Waals surface area (Å²) >= 11 is 6.69. The second-order valence-electron chi connectivity index (χ2n) is 3.67. The minimum absolute atomic E-state index is 0.207. The summed E-state index contributed by atoms with van der Waals surface area (Å²) in [4.78, 5) is 12.1. The van der Waals surface area contributed by atoms with Crippen molar-refractivity contribution in [2.24, 2.45) is 0 Å². The minimum Gasteiger partial charge on any atom is -0.397 e. The maximum Gasteiger partial charge on any atom is 0.256 e. The van der Waals surface area contributed by atoms with Crippen LogP contribution < -0.4 is 11.1 Å². The standard InChI is InChI=1S/C13H10Br2N2O/c14-8-5-6-10(15)9(7-8)13(18)17-12-4-2-1-3-11(12)16/h1-7H,16H2,(H,17,18). The summed E-state index contributed by atoms with van der Waals surface area (Å²) in [7, 11) is 0. The van der Waals surface area contributed by atoms with Crippen LogP contribution in [0.3, 0.4) is 0 Å². The number of carbonyl (C=O) groups is 1. The fraction of sp³-hybridized carbons (Fsp3) is 0. The van der Waals surface area contributed by atoms with Crippen LogP contribution in [0.2, 0.25) is 0 Å². The number of amides is 1. The summed E-state index contributed by atoms with van der Waals surface area (Å²) in [6, 6.07) is 12.6. The molecule has 3 N–H and O–H groups in total. The summed E-state index contributed by atoms with van der Waals surface area (Å²) in [6.07, 6.45) is 0. The highest BCUT2D eigenvalue weighted by atomic mass is 79.9. The van der Waals surface area contributed by atoms with Gasteiger partial charge in [-0.25, -0.2) is 0 Å². The zero-order valence-electron chi connectivity index (χ0n) is 9.28. The van der Waals surface area contributed by atoms with Crippen molar-refractivity contribution in [2.45, 2.75) is 0 Å². The molecule has 0 aliphatic rings. The number of nitrogens with one attached hydrogen (secondary N) is 1. The normalized spacial score (nSPS) is 10.1. The number of halogens is 2. The number of hydrogen-bond acceptors (Lipinski definition) is 2. The summed E-state index contributed by atoms with van der Waals surface area (Å²) in [6.45, 7) is 0. The van der Waals surface area contributed by atoms with E-state index in [0.717, 1.165) is 8.95 Å². The maximum atomic E-state index is 12.1. The first-order valence-electron chi connectivity index (χ1n) is 5.19. The van der Waals surface area contributed by atoms with Crippen LogP contribution in [0.25, 0.3) is 0 Å². The van der Waals surface area contributed by atoms with Gasteiger partial charge in [-0.3, -0.25) is 4.79 Å². The smallest absolute Gasteiger partial charge is 0.256 e. The number of hydrogen-bond donors (Lipinski definition) is 2. The van der Waals surface area contributed by atoms with Gasteiger partial charge in [0.2, 0.25) is 0 Å².